The van der Waals surface area contributed by atoms with Crippen molar-refractivity contribution in [1.29, 1.82) is 0 Å². The molecule has 0 aromatic carbocycles. The highest BCUT2D eigenvalue weighted by Gasteiger charge is 2.22. The number of sulfonamides is 1. The first kappa shape index (κ1) is 13.3. The highest BCUT2D eigenvalue weighted by molar-refractivity contribution is 7.89. The lowest BCUT2D eigenvalue weighted by atomic mass is 10.2. The standard InChI is InChI=1S/C11H19NO3S/c1-4-5-6-10-7-8-15-11(10)16(13,14)12-9(2)3/h7-9,12H,4-6H2,1-3H3. The quantitative estimate of drug-likeness (QED) is 0.836. The summed E-state index contributed by atoms with van der Waals surface area (Å²) in [5.41, 5.74) is 0.759. The maximum Gasteiger partial charge on any atom is 0.274 e. The summed E-state index contributed by atoms with van der Waals surface area (Å²) in [5.74, 6) is 0. The molecule has 1 heterocycles. The average Bonchev–Trinajstić information content (AvgIpc) is 2.61. The molecule has 0 aliphatic carbocycles. The zero-order valence-electron chi connectivity index (χ0n) is 9.99. The van der Waals surface area contributed by atoms with Crippen molar-refractivity contribution in [2.24, 2.45) is 0 Å². The Hall–Kier alpha value is -0.810. The normalized spacial score (nSPS) is 12.2. The summed E-state index contributed by atoms with van der Waals surface area (Å²) < 4.78 is 31.4. The van der Waals surface area contributed by atoms with E-state index in [1.54, 1.807) is 19.9 Å². The van der Waals surface area contributed by atoms with Gasteiger partial charge in [-0.15, -0.1) is 0 Å². The second-order valence-corrected chi connectivity index (χ2v) is 5.73. The number of unbranched alkanes of at least 4 members (excludes halogenated alkanes) is 1. The van der Waals surface area contributed by atoms with Gasteiger partial charge in [-0.05, 0) is 32.8 Å². The number of hydrogen-bond acceptors (Lipinski definition) is 3. The predicted molar refractivity (Wildman–Crippen MR) is 62.8 cm³/mol. The van der Waals surface area contributed by atoms with E-state index in [4.69, 9.17) is 4.42 Å². The Kier molecular flexibility index (Phi) is 4.56. The van der Waals surface area contributed by atoms with E-state index in [0.717, 1.165) is 24.8 Å². The van der Waals surface area contributed by atoms with Gasteiger partial charge in [0.1, 0.15) is 0 Å². The molecule has 0 saturated heterocycles. The minimum atomic E-state index is -3.49. The van der Waals surface area contributed by atoms with Gasteiger partial charge >= 0.3 is 0 Å². The summed E-state index contributed by atoms with van der Waals surface area (Å²) >= 11 is 0. The molecule has 4 nitrogen and oxygen atoms in total. The summed E-state index contributed by atoms with van der Waals surface area (Å²) in [7, 11) is -3.49. The van der Waals surface area contributed by atoms with E-state index in [0.29, 0.717) is 0 Å². The fourth-order valence-corrected chi connectivity index (χ4v) is 2.90. The summed E-state index contributed by atoms with van der Waals surface area (Å²) in [6.45, 7) is 5.64. The van der Waals surface area contributed by atoms with Gasteiger partial charge in [-0.25, -0.2) is 13.1 Å². The number of nitrogens with one attached hydrogen (secondary N) is 1. The molecule has 1 aromatic rings. The zero-order chi connectivity index (χ0) is 12.2. The van der Waals surface area contributed by atoms with Gasteiger partial charge in [-0.3, -0.25) is 0 Å². The van der Waals surface area contributed by atoms with Crippen LogP contribution in [0.2, 0.25) is 0 Å². The molecule has 16 heavy (non-hydrogen) atoms. The molecule has 0 aliphatic rings. The van der Waals surface area contributed by atoms with Gasteiger partial charge in [0.15, 0.2) is 0 Å². The van der Waals surface area contributed by atoms with Crippen molar-refractivity contribution in [3.8, 4) is 0 Å². The molecule has 0 saturated carbocycles. The molecule has 0 spiro atoms. The highest BCUT2D eigenvalue weighted by Crippen LogP contribution is 2.19. The third-order valence-corrected chi connectivity index (χ3v) is 3.77. The van der Waals surface area contributed by atoms with Crippen LogP contribution in [0, 0.1) is 0 Å². The molecule has 1 rings (SSSR count). The van der Waals surface area contributed by atoms with E-state index in [2.05, 4.69) is 11.6 Å². The Balaban J connectivity index is 2.90. The molecule has 1 N–H and O–H groups in total. The van der Waals surface area contributed by atoms with Gasteiger partial charge in [0, 0.05) is 11.6 Å². The minimum Gasteiger partial charge on any atom is -0.451 e. The lowest BCUT2D eigenvalue weighted by Crippen LogP contribution is -2.30. The van der Waals surface area contributed by atoms with Gasteiger partial charge < -0.3 is 4.42 Å². The summed E-state index contributed by atoms with van der Waals surface area (Å²) in [6.07, 6.45) is 4.16. The lowest BCUT2D eigenvalue weighted by Gasteiger charge is -2.08. The van der Waals surface area contributed by atoms with Gasteiger partial charge in [0.2, 0.25) is 5.09 Å². The molecule has 92 valence electrons. The Morgan fingerprint density at radius 2 is 2.12 bits per heavy atom. The first-order chi connectivity index (χ1) is 7.47. The monoisotopic (exact) mass is 245 g/mol. The second-order valence-electron chi connectivity index (χ2n) is 4.11. The van der Waals surface area contributed by atoms with Crippen molar-refractivity contribution in [3.05, 3.63) is 17.9 Å². The second kappa shape index (κ2) is 5.50. The molecule has 0 radical (unpaired) electrons. The Morgan fingerprint density at radius 1 is 1.44 bits per heavy atom. The van der Waals surface area contributed by atoms with E-state index in [1.807, 2.05) is 0 Å². The predicted octanol–water partition coefficient (Wildman–Crippen LogP) is 2.31. The van der Waals surface area contributed by atoms with Crippen molar-refractivity contribution in [3.63, 3.8) is 0 Å². The van der Waals surface area contributed by atoms with E-state index in [1.165, 1.54) is 6.26 Å². The summed E-state index contributed by atoms with van der Waals surface area (Å²) in [6, 6.07) is 1.60. The Labute approximate surface area is 97.1 Å². The van der Waals surface area contributed by atoms with Crippen LogP contribution in [0.5, 0.6) is 0 Å². The van der Waals surface area contributed by atoms with Crippen LogP contribution in [-0.2, 0) is 16.4 Å². The van der Waals surface area contributed by atoms with Crippen molar-refractivity contribution in [2.45, 2.75) is 51.2 Å². The third kappa shape index (κ3) is 3.35. The van der Waals surface area contributed by atoms with Crippen LogP contribution in [-0.4, -0.2) is 14.5 Å². The van der Waals surface area contributed by atoms with Crippen molar-refractivity contribution >= 4 is 10.0 Å². The Bertz CT molecular complexity index is 420. The van der Waals surface area contributed by atoms with Crippen molar-refractivity contribution in [2.75, 3.05) is 0 Å². The van der Waals surface area contributed by atoms with Crippen LogP contribution in [0.4, 0.5) is 0 Å². The van der Waals surface area contributed by atoms with Crippen LogP contribution in [0.3, 0.4) is 0 Å². The minimum absolute atomic E-state index is 0.0645. The Morgan fingerprint density at radius 3 is 2.69 bits per heavy atom. The molecule has 0 unspecified atom stereocenters. The summed E-state index contributed by atoms with van der Waals surface area (Å²) in [5, 5.41) is 0.0645. The van der Waals surface area contributed by atoms with E-state index >= 15 is 0 Å². The van der Waals surface area contributed by atoms with Crippen LogP contribution in [0.1, 0.15) is 39.2 Å². The molecule has 0 amide bonds. The van der Waals surface area contributed by atoms with Gasteiger partial charge in [0.05, 0.1) is 6.26 Å². The molecule has 5 heteroatoms. The van der Waals surface area contributed by atoms with Crippen molar-refractivity contribution in [1.82, 2.24) is 4.72 Å². The molecular weight excluding hydrogens is 226 g/mol. The average molecular weight is 245 g/mol. The van der Waals surface area contributed by atoms with E-state index in [9.17, 15) is 8.42 Å². The fourth-order valence-electron chi connectivity index (χ4n) is 1.47. The van der Waals surface area contributed by atoms with E-state index in [-0.39, 0.29) is 11.1 Å². The van der Waals surface area contributed by atoms with Gasteiger partial charge in [-0.1, -0.05) is 13.3 Å². The topological polar surface area (TPSA) is 59.3 Å². The largest absolute Gasteiger partial charge is 0.451 e. The molecule has 0 fully saturated rings. The SMILES string of the molecule is CCCCc1ccoc1S(=O)(=O)NC(C)C. The van der Waals surface area contributed by atoms with Crippen LogP contribution in [0.15, 0.2) is 21.8 Å². The lowest BCUT2D eigenvalue weighted by molar-refractivity contribution is 0.436. The summed E-state index contributed by atoms with van der Waals surface area (Å²) in [4.78, 5) is 0. The molecule has 0 aliphatic heterocycles. The maximum absolute atomic E-state index is 11.9. The maximum atomic E-state index is 11.9. The van der Waals surface area contributed by atoms with Gasteiger partial charge in [0.25, 0.3) is 10.0 Å². The van der Waals surface area contributed by atoms with Crippen molar-refractivity contribution < 1.29 is 12.8 Å². The number of rotatable bonds is 6. The number of aryl methyl sites for hydroxylation is 1. The number of furan rings is 1. The molecule has 1 aromatic heterocycles. The third-order valence-electron chi connectivity index (χ3n) is 2.14. The van der Waals surface area contributed by atoms with E-state index < -0.39 is 10.0 Å². The fraction of sp³-hybridized carbons (Fsp3) is 0.636. The molecule has 0 bridgehead atoms. The highest BCUT2D eigenvalue weighted by atomic mass is 32.2. The van der Waals surface area contributed by atoms with Crippen LogP contribution < -0.4 is 4.72 Å². The first-order valence-electron chi connectivity index (χ1n) is 5.56. The van der Waals surface area contributed by atoms with Crippen LogP contribution >= 0.6 is 0 Å². The molecular formula is C11H19NO3S. The van der Waals surface area contributed by atoms with Crippen LogP contribution in [0.25, 0.3) is 0 Å². The zero-order valence-corrected chi connectivity index (χ0v) is 10.8. The van der Waals surface area contributed by atoms with Gasteiger partial charge in [-0.2, -0.15) is 0 Å². The first-order valence-corrected chi connectivity index (χ1v) is 7.04. The smallest absolute Gasteiger partial charge is 0.274 e. The number of hydrogen-bond donors (Lipinski definition) is 1. The molecule has 0 atom stereocenters.